The van der Waals surface area contributed by atoms with Crippen molar-refractivity contribution in [2.24, 2.45) is 5.41 Å². The lowest BCUT2D eigenvalue weighted by Gasteiger charge is -2.44. The highest BCUT2D eigenvalue weighted by Crippen LogP contribution is 2.48. The van der Waals surface area contributed by atoms with Gasteiger partial charge in [0.25, 0.3) is 0 Å². The van der Waals surface area contributed by atoms with Gasteiger partial charge in [-0.15, -0.1) is 0 Å². The van der Waals surface area contributed by atoms with E-state index in [1.807, 2.05) is 18.2 Å². The second kappa shape index (κ2) is 12.9. The van der Waals surface area contributed by atoms with E-state index in [0.717, 1.165) is 85.8 Å². The molecule has 0 amide bonds. The number of nitrogens with zero attached hydrogens (tertiary/aromatic N) is 3. The highest BCUT2D eigenvalue weighted by Gasteiger charge is 2.42. The molecule has 238 valence electrons. The Bertz CT molecular complexity index is 1690. The summed E-state index contributed by atoms with van der Waals surface area (Å²) < 4.78 is 19.0. The van der Waals surface area contributed by atoms with Gasteiger partial charge in [0.15, 0.2) is 0 Å². The van der Waals surface area contributed by atoms with Crippen LogP contribution in [0.15, 0.2) is 41.2 Å². The highest BCUT2D eigenvalue weighted by atomic mass is 35.5. The number of rotatable bonds is 12. The highest BCUT2D eigenvalue weighted by molar-refractivity contribution is 6.38. The fourth-order valence-electron chi connectivity index (χ4n) is 6.45. The van der Waals surface area contributed by atoms with Gasteiger partial charge in [-0.3, -0.25) is 4.98 Å². The molecular formula is C35H39Cl2N3O5. The Hall–Kier alpha value is -3.20. The van der Waals surface area contributed by atoms with Crippen LogP contribution in [0.3, 0.4) is 0 Å². The van der Waals surface area contributed by atoms with Crippen LogP contribution < -0.4 is 4.74 Å². The van der Waals surface area contributed by atoms with Crippen molar-refractivity contribution in [1.82, 2.24) is 15.1 Å². The fraction of sp³-hybridized carbons (Fsp3) is 0.486. The minimum Gasteiger partial charge on any atom is -0.493 e. The van der Waals surface area contributed by atoms with Crippen LogP contribution in [-0.4, -0.2) is 38.4 Å². The van der Waals surface area contributed by atoms with E-state index >= 15 is 0 Å². The van der Waals surface area contributed by atoms with E-state index in [2.05, 4.69) is 35.9 Å². The molecule has 2 saturated carbocycles. The summed E-state index contributed by atoms with van der Waals surface area (Å²) in [5, 5.41) is 15.7. The number of aryl methyl sites for hydroxylation is 1. The minimum atomic E-state index is -1.01. The zero-order valence-electron chi connectivity index (χ0n) is 26.0. The second-order valence-electron chi connectivity index (χ2n) is 13.0. The van der Waals surface area contributed by atoms with Gasteiger partial charge in [-0.25, -0.2) is 9.78 Å². The Kier molecular flexibility index (Phi) is 9.10. The van der Waals surface area contributed by atoms with Crippen molar-refractivity contribution in [3.05, 3.63) is 69.3 Å². The Morgan fingerprint density at radius 3 is 2.47 bits per heavy atom. The van der Waals surface area contributed by atoms with Crippen LogP contribution in [0.4, 0.5) is 0 Å². The average molecular weight is 653 g/mol. The number of carboxylic acid groups (broad SMARTS) is 1. The smallest absolute Gasteiger partial charge is 0.354 e. The first-order chi connectivity index (χ1) is 21.6. The topological polar surface area (TPSA) is 108 Å². The Balaban J connectivity index is 1.14. The van der Waals surface area contributed by atoms with Gasteiger partial charge >= 0.3 is 5.97 Å². The molecule has 3 heterocycles. The molecule has 1 N–H and O–H groups in total. The number of aromatic carboxylic acids is 1. The summed E-state index contributed by atoms with van der Waals surface area (Å²) in [7, 11) is 0. The van der Waals surface area contributed by atoms with Crippen LogP contribution in [0.5, 0.6) is 5.75 Å². The number of benzene rings is 1. The van der Waals surface area contributed by atoms with Gasteiger partial charge in [-0.05, 0) is 81.2 Å². The summed E-state index contributed by atoms with van der Waals surface area (Å²) in [5.74, 6) is 0.994. The molecule has 3 aromatic heterocycles. The van der Waals surface area contributed by atoms with Crippen molar-refractivity contribution in [1.29, 1.82) is 0 Å². The lowest BCUT2D eigenvalue weighted by atomic mass is 9.69. The number of hydrogen-bond acceptors (Lipinski definition) is 7. The van der Waals surface area contributed by atoms with Gasteiger partial charge in [-0.2, -0.15) is 0 Å². The van der Waals surface area contributed by atoms with Crippen LogP contribution in [-0.2, 0) is 17.8 Å². The third-order valence-corrected chi connectivity index (χ3v) is 10.2. The van der Waals surface area contributed by atoms with Crippen LogP contribution in [0.2, 0.25) is 10.0 Å². The molecule has 0 radical (unpaired) electrons. The molecule has 45 heavy (non-hydrogen) atoms. The maximum atomic E-state index is 11.6. The van der Waals surface area contributed by atoms with E-state index in [4.69, 9.17) is 37.2 Å². The Labute approximate surface area is 273 Å². The monoisotopic (exact) mass is 651 g/mol. The lowest BCUT2D eigenvalue weighted by Crippen LogP contribution is -2.42. The fourth-order valence-corrected chi connectivity index (χ4v) is 6.99. The molecule has 0 spiro atoms. The molecule has 0 unspecified atom stereocenters. The van der Waals surface area contributed by atoms with E-state index in [9.17, 15) is 9.90 Å². The largest absolute Gasteiger partial charge is 0.493 e. The van der Waals surface area contributed by atoms with Crippen molar-refractivity contribution in [2.75, 3.05) is 6.61 Å². The average Bonchev–Trinajstić information content (AvgIpc) is 3.80. The molecule has 2 aliphatic carbocycles. The standard InChI is InChI=1S/C35H39Cl2N3O5/c1-4-6-22-15-29(33(41)42)39-28-10-9-23(16-24(22)28)43-20-34(3)11-13-35(5-2,14-12-34)44-19-25-31(40-45-32(25)21-7-8-21)30-26(36)17-38-18-27(30)37/h9-10,15-18,21H,4-8,11-14,19-20H2,1-3H3,(H,41,42). The van der Waals surface area contributed by atoms with Crippen molar-refractivity contribution >= 4 is 40.1 Å². The molecule has 0 atom stereocenters. The summed E-state index contributed by atoms with van der Waals surface area (Å²) in [5.41, 5.74) is 3.67. The molecule has 2 fully saturated rings. The van der Waals surface area contributed by atoms with Crippen LogP contribution in [0.25, 0.3) is 22.2 Å². The van der Waals surface area contributed by atoms with E-state index in [1.54, 1.807) is 18.5 Å². The quantitative estimate of drug-likeness (QED) is 0.161. The molecule has 2 aliphatic rings. The zero-order chi connectivity index (χ0) is 31.8. The summed E-state index contributed by atoms with van der Waals surface area (Å²) in [6.45, 7) is 7.53. The third-order valence-electron chi connectivity index (χ3n) is 9.58. The number of carbonyl (C=O) groups is 1. The van der Waals surface area contributed by atoms with E-state index in [0.29, 0.717) is 46.0 Å². The molecule has 10 heteroatoms. The first kappa shape index (κ1) is 31.8. The molecule has 6 rings (SSSR count). The van der Waals surface area contributed by atoms with Crippen molar-refractivity contribution in [2.45, 2.75) is 96.7 Å². The molecule has 0 saturated heterocycles. The summed E-state index contributed by atoms with van der Waals surface area (Å²) in [6, 6.07) is 7.43. The molecule has 0 bridgehead atoms. The SMILES string of the molecule is CCCc1cc(C(=O)O)nc2ccc(OCC3(C)CCC(CC)(OCc4c(-c5c(Cl)cncc5Cl)noc4C4CC4)CC3)cc12. The number of hydrogen-bond donors (Lipinski definition) is 1. The number of ether oxygens (including phenoxy) is 2. The zero-order valence-corrected chi connectivity index (χ0v) is 27.5. The Morgan fingerprint density at radius 1 is 1.09 bits per heavy atom. The summed E-state index contributed by atoms with van der Waals surface area (Å²) in [4.78, 5) is 20.0. The number of aromatic nitrogens is 3. The number of fused-ring (bicyclic) bond motifs is 1. The molecule has 0 aliphatic heterocycles. The lowest BCUT2D eigenvalue weighted by molar-refractivity contribution is -0.106. The second-order valence-corrected chi connectivity index (χ2v) is 13.8. The van der Waals surface area contributed by atoms with Gasteiger partial charge in [0.2, 0.25) is 0 Å². The molecular weight excluding hydrogens is 613 g/mol. The van der Waals surface area contributed by atoms with Crippen LogP contribution in [0.1, 0.15) is 105 Å². The minimum absolute atomic E-state index is 0.00569. The normalized spacial score (nSPS) is 21.7. The van der Waals surface area contributed by atoms with Crippen molar-refractivity contribution in [3.8, 4) is 17.0 Å². The van der Waals surface area contributed by atoms with Gasteiger partial charge in [0.1, 0.15) is 22.9 Å². The summed E-state index contributed by atoms with van der Waals surface area (Å²) in [6.07, 6.45) is 11.7. The number of carboxylic acids is 1. The van der Waals surface area contributed by atoms with E-state index in [-0.39, 0.29) is 16.7 Å². The van der Waals surface area contributed by atoms with Crippen LogP contribution in [0, 0.1) is 5.41 Å². The first-order valence-corrected chi connectivity index (χ1v) is 16.6. The van der Waals surface area contributed by atoms with Crippen molar-refractivity contribution in [3.63, 3.8) is 0 Å². The number of halogens is 2. The van der Waals surface area contributed by atoms with Crippen LogP contribution >= 0.6 is 23.2 Å². The van der Waals surface area contributed by atoms with Gasteiger partial charge in [0, 0.05) is 40.2 Å². The van der Waals surface area contributed by atoms with E-state index in [1.165, 1.54) is 0 Å². The van der Waals surface area contributed by atoms with Gasteiger partial charge in [-0.1, -0.05) is 55.6 Å². The molecule has 4 aromatic rings. The summed E-state index contributed by atoms with van der Waals surface area (Å²) >= 11 is 13.0. The maximum Gasteiger partial charge on any atom is 0.354 e. The Morgan fingerprint density at radius 2 is 1.82 bits per heavy atom. The number of pyridine rings is 2. The maximum absolute atomic E-state index is 11.6. The predicted octanol–water partition coefficient (Wildman–Crippen LogP) is 9.44. The van der Waals surface area contributed by atoms with Crippen molar-refractivity contribution < 1.29 is 23.9 Å². The predicted molar refractivity (Wildman–Crippen MR) is 174 cm³/mol. The molecule has 8 nitrogen and oxygen atoms in total. The third kappa shape index (κ3) is 6.69. The van der Waals surface area contributed by atoms with E-state index < -0.39 is 5.97 Å². The molecule has 1 aromatic carbocycles. The van der Waals surface area contributed by atoms with Gasteiger partial charge < -0.3 is 19.1 Å². The first-order valence-electron chi connectivity index (χ1n) is 15.9. The van der Waals surface area contributed by atoms with Gasteiger partial charge in [0.05, 0.1) is 34.4 Å².